The van der Waals surface area contributed by atoms with Crippen LogP contribution in [0.1, 0.15) is 20.3 Å². The van der Waals surface area contributed by atoms with E-state index in [1.54, 1.807) is 24.3 Å². The van der Waals surface area contributed by atoms with Crippen LogP contribution in [0.5, 0.6) is 5.75 Å². The molecule has 4 rings (SSSR count). The van der Waals surface area contributed by atoms with Gasteiger partial charge < -0.3 is 14.6 Å². The van der Waals surface area contributed by atoms with Crippen LogP contribution in [0, 0.1) is 0 Å². The number of hydrogen-bond donors (Lipinski definition) is 1. The Kier molecular flexibility index (Phi) is 6.79. The molecule has 0 saturated carbocycles. The topological polar surface area (TPSA) is 80.6 Å². The van der Waals surface area contributed by atoms with Gasteiger partial charge in [0.1, 0.15) is 12.3 Å². The summed E-state index contributed by atoms with van der Waals surface area (Å²) in [5, 5.41) is 5.01. The van der Waals surface area contributed by atoms with Crippen LogP contribution in [0.2, 0.25) is 0 Å². The molecule has 1 N–H and O–H groups in total. The van der Waals surface area contributed by atoms with Crippen molar-refractivity contribution in [3.8, 4) is 5.75 Å². The Morgan fingerprint density at radius 3 is 2.35 bits per heavy atom. The Hall–Kier alpha value is -3.52. The molecule has 3 aromatic carbocycles. The first kappa shape index (κ1) is 23.6. The molecule has 8 heteroatoms. The fraction of sp³-hybridized carbons (Fsp3) is 0.269. The van der Waals surface area contributed by atoms with E-state index in [0.717, 1.165) is 45.3 Å². The maximum atomic E-state index is 12.9. The Balaban J connectivity index is 1.57. The van der Waals surface area contributed by atoms with Crippen molar-refractivity contribution in [3.05, 3.63) is 66.7 Å². The third kappa shape index (κ3) is 4.87. The van der Waals surface area contributed by atoms with Gasteiger partial charge in [-0.1, -0.05) is 25.1 Å². The lowest BCUT2D eigenvalue weighted by Crippen LogP contribution is -2.37. The van der Waals surface area contributed by atoms with Gasteiger partial charge in [-0.2, -0.15) is 0 Å². The maximum absolute atomic E-state index is 12.9. The summed E-state index contributed by atoms with van der Waals surface area (Å²) >= 11 is 0. The van der Waals surface area contributed by atoms with Gasteiger partial charge in [0.2, 0.25) is 15.9 Å². The molecule has 178 valence electrons. The van der Waals surface area contributed by atoms with Gasteiger partial charge in [-0.05, 0) is 61.9 Å². The van der Waals surface area contributed by atoms with Gasteiger partial charge in [0.25, 0.3) is 0 Å². The smallest absolute Gasteiger partial charge is 0.245 e. The van der Waals surface area contributed by atoms with Crippen LogP contribution >= 0.6 is 0 Å². The molecule has 0 aliphatic rings. The zero-order valence-corrected chi connectivity index (χ0v) is 20.4. The number of hydrogen-bond acceptors (Lipinski definition) is 4. The fourth-order valence-corrected chi connectivity index (χ4v) is 4.99. The van der Waals surface area contributed by atoms with Gasteiger partial charge in [0, 0.05) is 34.0 Å². The number of nitrogens with one attached hydrogen (secondary N) is 1. The summed E-state index contributed by atoms with van der Waals surface area (Å²) in [4.78, 5) is 12.9. The molecular weight excluding hydrogens is 450 g/mol. The zero-order valence-electron chi connectivity index (χ0n) is 19.6. The largest absolute Gasteiger partial charge is 0.494 e. The van der Waals surface area contributed by atoms with Crippen LogP contribution in [-0.2, 0) is 21.4 Å². The highest BCUT2D eigenvalue weighted by atomic mass is 32.2. The van der Waals surface area contributed by atoms with E-state index in [-0.39, 0.29) is 6.54 Å². The Morgan fingerprint density at radius 1 is 0.971 bits per heavy atom. The minimum absolute atomic E-state index is 0.331. The molecule has 34 heavy (non-hydrogen) atoms. The van der Waals surface area contributed by atoms with Gasteiger partial charge in [-0.3, -0.25) is 9.10 Å². The molecule has 7 nitrogen and oxygen atoms in total. The molecule has 1 amide bonds. The van der Waals surface area contributed by atoms with E-state index in [0.29, 0.717) is 23.7 Å². The Morgan fingerprint density at radius 2 is 1.68 bits per heavy atom. The number of nitrogens with zero attached hydrogens (tertiary/aromatic N) is 2. The molecule has 0 atom stereocenters. The number of aryl methyl sites for hydroxylation is 1. The molecule has 0 radical (unpaired) electrons. The third-order valence-electron chi connectivity index (χ3n) is 5.66. The van der Waals surface area contributed by atoms with E-state index in [1.807, 2.05) is 37.3 Å². The molecule has 0 spiro atoms. The molecule has 4 aromatic rings. The highest BCUT2D eigenvalue weighted by Gasteiger charge is 2.21. The number of aromatic nitrogens is 1. The molecule has 0 unspecified atom stereocenters. The monoisotopic (exact) mass is 479 g/mol. The molecule has 0 saturated heterocycles. The summed E-state index contributed by atoms with van der Waals surface area (Å²) < 4.78 is 33.8. The lowest BCUT2D eigenvalue weighted by atomic mass is 10.1. The van der Waals surface area contributed by atoms with Gasteiger partial charge in [0.15, 0.2) is 0 Å². The second-order valence-electron chi connectivity index (χ2n) is 8.15. The number of fused-ring (bicyclic) bond motifs is 3. The first-order valence-electron chi connectivity index (χ1n) is 11.3. The number of ether oxygens (including phenoxy) is 1. The molecule has 0 aliphatic carbocycles. The van der Waals surface area contributed by atoms with Gasteiger partial charge in [0.05, 0.1) is 18.6 Å². The zero-order chi connectivity index (χ0) is 24.3. The second-order valence-corrected chi connectivity index (χ2v) is 10.1. The minimum Gasteiger partial charge on any atom is -0.494 e. The highest BCUT2D eigenvalue weighted by molar-refractivity contribution is 7.92. The van der Waals surface area contributed by atoms with E-state index in [1.165, 1.54) is 0 Å². The van der Waals surface area contributed by atoms with Crippen molar-refractivity contribution in [1.82, 2.24) is 4.57 Å². The van der Waals surface area contributed by atoms with Crippen molar-refractivity contribution in [2.24, 2.45) is 0 Å². The van der Waals surface area contributed by atoms with E-state index < -0.39 is 15.9 Å². The quantitative estimate of drug-likeness (QED) is 0.366. The van der Waals surface area contributed by atoms with Gasteiger partial charge in [-0.15, -0.1) is 0 Å². The summed E-state index contributed by atoms with van der Waals surface area (Å²) in [7, 11) is -3.67. The number of benzene rings is 3. The summed E-state index contributed by atoms with van der Waals surface area (Å²) in [5.41, 5.74) is 3.25. The van der Waals surface area contributed by atoms with E-state index in [4.69, 9.17) is 4.74 Å². The second kappa shape index (κ2) is 9.77. The van der Waals surface area contributed by atoms with Crippen LogP contribution in [0.25, 0.3) is 21.8 Å². The predicted molar refractivity (Wildman–Crippen MR) is 138 cm³/mol. The number of sulfonamides is 1. The van der Waals surface area contributed by atoms with Crippen molar-refractivity contribution in [2.75, 3.05) is 29.0 Å². The standard InChI is InChI=1S/C26H29N3O4S/c1-4-16-33-21-13-11-20(12-14-21)29(34(3,31)32)18-26(30)27-19-10-15-25-23(17-19)22-8-6-7-9-24(22)28(25)5-2/h6-15,17H,4-5,16,18H2,1-3H3,(H,27,30). The molecular formula is C26H29N3O4S. The van der Waals surface area contributed by atoms with E-state index in [2.05, 4.69) is 28.9 Å². The first-order valence-corrected chi connectivity index (χ1v) is 13.2. The molecule has 0 bridgehead atoms. The Bertz CT molecular complexity index is 1430. The summed E-state index contributed by atoms with van der Waals surface area (Å²) in [5.74, 6) is 0.235. The number of rotatable bonds is 9. The van der Waals surface area contributed by atoms with Crippen LogP contribution in [0.3, 0.4) is 0 Å². The summed E-state index contributed by atoms with van der Waals surface area (Å²) in [6, 6.07) is 20.6. The Labute approximate surface area is 200 Å². The van der Waals surface area contributed by atoms with Crippen LogP contribution in [0.4, 0.5) is 11.4 Å². The average molecular weight is 480 g/mol. The average Bonchev–Trinajstić information content (AvgIpc) is 3.14. The van der Waals surface area contributed by atoms with Gasteiger partial charge >= 0.3 is 0 Å². The fourth-order valence-electron chi connectivity index (χ4n) is 4.13. The van der Waals surface area contributed by atoms with Crippen molar-refractivity contribution in [3.63, 3.8) is 0 Å². The lowest BCUT2D eigenvalue weighted by molar-refractivity contribution is -0.114. The van der Waals surface area contributed by atoms with E-state index in [9.17, 15) is 13.2 Å². The van der Waals surface area contributed by atoms with Crippen molar-refractivity contribution >= 4 is 49.1 Å². The molecule has 0 aliphatic heterocycles. The number of para-hydroxylation sites is 1. The number of carbonyl (C=O) groups is 1. The van der Waals surface area contributed by atoms with Gasteiger partial charge in [-0.25, -0.2) is 8.42 Å². The van der Waals surface area contributed by atoms with E-state index >= 15 is 0 Å². The lowest BCUT2D eigenvalue weighted by Gasteiger charge is -2.22. The minimum atomic E-state index is -3.67. The number of carbonyl (C=O) groups excluding carboxylic acids is 1. The summed E-state index contributed by atoms with van der Waals surface area (Å²) in [6.07, 6.45) is 1.97. The predicted octanol–water partition coefficient (Wildman–Crippen LogP) is 5.01. The number of anilines is 2. The van der Waals surface area contributed by atoms with Crippen LogP contribution in [0.15, 0.2) is 66.7 Å². The van der Waals surface area contributed by atoms with Crippen LogP contribution < -0.4 is 14.4 Å². The maximum Gasteiger partial charge on any atom is 0.245 e. The highest BCUT2D eigenvalue weighted by Crippen LogP contribution is 2.31. The van der Waals surface area contributed by atoms with Crippen molar-refractivity contribution < 1.29 is 17.9 Å². The molecule has 1 aromatic heterocycles. The summed E-state index contributed by atoms with van der Waals surface area (Å²) in [6.45, 7) is 5.20. The van der Waals surface area contributed by atoms with Crippen molar-refractivity contribution in [1.29, 1.82) is 0 Å². The SMILES string of the molecule is CCCOc1ccc(N(CC(=O)Nc2ccc3c(c2)c2ccccc2n3CC)S(C)(=O)=O)cc1. The first-order chi connectivity index (χ1) is 16.3. The normalized spacial score (nSPS) is 11.6. The molecule has 0 fully saturated rings. The van der Waals surface area contributed by atoms with Crippen molar-refractivity contribution in [2.45, 2.75) is 26.8 Å². The number of amides is 1. The van der Waals surface area contributed by atoms with Crippen LogP contribution in [-0.4, -0.2) is 38.3 Å². The third-order valence-corrected chi connectivity index (χ3v) is 6.80. The molecule has 1 heterocycles.